The molecule has 0 bridgehead atoms. The number of imide groups is 1. The molecule has 0 aromatic heterocycles. The summed E-state index contributed by atoms with van der Waals surface area (Å²) in [6, 6.07) is 22.1. The van der Waals surface area contributed by atoms with Gasteiger partial charge in [-0.3, -0.25) is 14.9 Å². The van der Waals surface area contributed by atoms with Gasteiger partial charge in [0.2, 0.25) is 0 Å². The molecule has 4 amide bonds. The highest BCUT2D eigenvalue weighted by Crippen LogP contribution is 2.30. The van der Waals surface area contributed by atoms with Crippen LogP contribution in [0.4, 0.5) is 10.5 Å². The summed E-state index contributed by atoms with van der Waals surface area (Å²) in [5, 5.41) is 7.53. The molecule has 0 unspecified atom stereocenters. The lowest BCUT2D eigenvalue weighted by atomic mass is 10.2. The second kappa shape index (κ2) is 10.9. The fraction of sp³-hybridized carbons (Fsp3) is 0.160. The Morgan fingerprint density at radius 2 is 1.59 bits per heavy atom. The van der Waals surface area contributed by atoms with Gasteiger partial charge in [-0.1, -0.05) is 42.5 Å². The van der Waals surface area contributed by atoms with E-state index in [1.807, 2.05) is 18.2 Å². The third kappa shape index (κ3) is 6.04. The first-order chi connectivity index (χ1) is 16.6. The smallest absolute Gasteiger partial charge is 0.321 e. The number of hydrogen-bond donors (Lipinski definition) is 3. The summed E-state index contributed by atoms with van der Waals surface area (Å²) in [7, 11) is 0. The Labute approximate surface area is 196 Å². The van der Waals surface area contributed by atoms with Crippen molar-refractivity contribution in [1.29, 1.82) is 0 Å². The number of amides is 4. The molecular weight excluding hydrogens is 438 g/mol. The van der Waals surface area contributed by atoms with Crippen molar-refractivity contribution < 1.29 is 28.6 Å². The van der Waals surface area contributed by atoms with E-state index in [0.29, 0.717) is 17.2 Å². The number of para-hydroxylation sites is 4. The van der Waals surface area contributed by atoms with Crippen molar-refractivity contribution in [3.8, 4) is 17.2 Å². The van der Waals surface area contributed by atoms with Crippen molar-refractivity contribution in [2.75, 3.05) is 25.1 Å². The second-order valence-electron chi connectivity index (χ2n) is 7.36. The Morgan fingerprint density at radius 3 is 2.41 bits per heavy atom. The van der Waals surface area contributed by atoms with Crippen LogP contribution in [0, 0.1) is 0 Å². The molecule has 0 spiro atoms. The predicted octanol–water partition coefficient (Wildman–Crippen LogP) is 2.98. The van der Waals surface area contributed by atoms with Gasteiger partial charge in [0, 0.05) is 5.69 Å². The normalized spacial score (nSPS) is 13.9. The van der Waals surface area contributed by atoms with E-state index in [0.717, 1.165) is 0 Å². The van der Waals surface area contributed by atoms with Crippen LogP contribution in [0.25, 0.3) is 0 Å². The van der Waals surface area contributed by atoms with Gasteiger partial charge in [-0.25, -0.2) is 4.79 Å². The maximum atomic E-state index is 12.6. The van der Waals surface area contributed by atoms with Gasteiger partial charge < -0.3 is 24.8 Å². The second-order valence-corrected chi connectivity index (χ2v) is 7.36. The highest BCUT2D eigenvalue weighted by molar-refractivity contribution is 6.06. The van der Waals surface area contributed by atoms with Gasteiger partial charge in [-0.05, 0) is 36.4 Å². The van der Waals surface area contributed by atoms with Crippen LogP contribution in [0.5, 0.6) is 17.2 Å². The first-order valence-electron chi connectivity index (χ1n) is 10.6. The quantitative estimate of drug-likeness (QED) is 0.498. The number of carbonyl (C=O) groups is 3. The van der Waals surface area contributed by atoms with Gasteiger partial charge in [0.1, 0.15) is 12.4 Å². The van der Waals surface area contributed by atoms with E-state index >= 15 is 0 Å². The molecule has 0 saturated heterocycles. The third-order valence-corrected chi connectivity index (χ3v) is 4.83. The lowest BCUT2D eigenvalue weighted by molar-refractivity contribution is -0.122. The van der Waals surface area contributed by atoms with Crippen molar-refractivity contribution in [3.05, 3.63) is 84.4 Å². The Hall–Kier alpha value is -4.53. The molecule has 3 N–H and O–H groups in total. The maximum absolute atomic E-state index is 12.6. The lowest BCUT2D eigenvalue weighted by Gasteiger charge is -2.26. The summed E-state index contributed by atoms with van der Waals surface area (Å²) in [4.78, 5) is 36.8. The SMILES string of the molecule is O=C(COc1ccccc1C(=O)Nc1ccccc1)NC(=O)NC[C@H]1COc2ccccc2O1. The standard InChI is InChI=1S/C25H23N3O6/c29-23(28-25(31)26-14-18-15-32-21-12-6-7-13-22(21)34-18)16-33-20-11-5-4-10-19(20)24(30)27-17-8-2-1-3-9-17/h1-13,18H,14-16H2,(H,27,30)(H2,26,28,29,31)/t18-/m0/s1. The molecule has 3 aromatic carbocycles. The Balaban J connectivity index is 1.23. The molecule has 3 aromatic rings. The molecular formula is C25H23N3O6. The largest absolute Gasteiger partial charge is 0.486 e. The van der Waals surface area contributed by atoms with E-state index in [-0.39, 0.29) is 36.5 Å². The van der Waals surface area contributed by atoms with Crippen LogP contribution in [0.15, 0.2) is 78.9 Å². The van der Waals surface area contributed by atoms with E-state index in [2.05, 4.69) is 16.0 Å². The number of hydrogen-bond acceptors (Lipinski definition) is 6. The molecule has 174 valence electrons. The molecule has 34 heavy (non-hydrogen) atoms. The molecule has 0 radical (unpaired) electrons. The molecule has 1 atom stereocenters. The molecule has 0 saturated carbocycles. The van der Waals surface area contributed by atoms with Crippen LogP contribution < -0.4 is 30.2 Å². The molecule has 4 rings (SSSR count). The maximum Gasteiger partial charge on any atom is 0.321 e. The molecule has 0 aliphatic carbocycles. The van der Waals surface area contributed by atoms with Crippen LogP contribution in [-0.2, 0) is 4.79 Å². The van der Waals surface area contributed by atoms with E-state index in [1.54, 1.807) is 60.7 Å². The summed E-state index contributed by atoms with van der Waals surface area (Å²) in [5.41, 5.74) is 0.894. The number of rotatable bonds is 7. The molecule has 9 nitrogen and oxygen atoms in total. The topological polar surface area (TPSA) is 115 Å². The number of urea groups is 1. The van der Waals surface area contributed by atoms with E-state index < -0.39 is 18.5 Å². The first kappa shape index (κ1) is 22.7. The van der Waals surface area contributed by atoms with E-state index in [4.69, 9.17) is 14.2 Å². The third-order valence-electron chi connectivity index (χ3n) is 4.83. The van der Waals surface area contributed by atoms with Crippen molar-refractivity contribution in [2.24, 2.45) is 0 Å². The minimum Gasteiger partial charge on any atom is -0.486 e. The Kier molecular flexibility index (Phi) is 7.24. The zero-order valence-electron chi connectivity index (χ0n) is 18.2. The van der Waals surface area contributed by atoms with Crippen LogP contribution in [-0.4, -0.2) is 43.7 Å². The monoisotopic (exact) mass is 461 g/mol. The Bertz CT molecular complexity index is 1170. The number of nitrogens with one attached hydrogen (secondary N) is 3. The molecule has 0 fully saturated rings. The summed E-state index contributed by atoms with van der Waals surface area (Å²) in [5.74, 6) is 0.421. The molecule has 1 heterocycles. The molecule has 1 aliphatic heterocycles. The van der Waals surface area contributed by atoms with Gasteiger partial charge in [-0.15, -0.1) is 0 Å². The number of carbonyl (C=O) groups excluding carboxylic acids is 3. The average Bonchev–Trinajstić information content (AvgIpc) is 2.87. The number of benzene rings is 3. The van der Waals surface area contributed by atoms with Gasteiger partial charge in [0.15, 0.2) is 24.2 Å². The Morgan fingerprint density at radius 1 is 0.882 bits per heavy atom. The summed E-state index contributed by atoms with van der Waals surface area (Å²) in [6.07, 6.45) is -0.387. The van der Waals surface area contributed by atoms with Crippen LogP contribution in [0.3, 0.4) is 0 Å². The van der Waals surface area contributed by atoms with Gasteiger partial charge in [0.05, 0.1) is 12.1 Å². The van der Waals surface area contributed by atoms with E-state index in [1.165, 1.54) is 0 Å². The minimum atomic E-state index is -0.689. The number of fused-ring (bicyclic) bond motifs is 1. The van der Waals surface area contributed by atoms with Crippen molar-refractivity contribution in [2.45, 2.75) is 6.10 Å². The van der Waals surface area contributed by atoms with E-state index in [9.17, 15) is 14.4 Å². The number of anilines is 1. The molecule has 1 aliphatic rings. The minimum absolute atomic E-state index is 0.150. The highest BCUT2D eigenvalue weighted by Gasteiger charge is 2.21. The van der Waals surface area contributed by atoms with Crippen LogP contribution >= 0.6 is 0 Å². The van der Waals surface area contributed by atoms with Crippen molar-refractivity contribution in [3.63, 3.8) is 0 Å². The van der Waals surface area contributed by atoms with Gasteiger partial charge in [-0.2, -0.15) is 0 Å². The van der Waals surface area contributed by atoms with Crippen LogP contribution in [0.1, 0.15) is 10.4 Å². The zero-order valence-corrected chi connectivity index (χ0v) is 18.2. The summed E-state index contributed by atoms with van der Waals surface area (Å²) in [6.45, 7) is -0.0214. The van der Waals surface area contributed by atoms with Crippen molar-refractivity contribution in [1.82, 2.24) is 10.6 Å². The van der Waals surface area contributed by atoms with Gasteiger partial charge in [0.25, 0.3) is 11.8 Å². The summed E-state index contributed by atoms with van der Waals surface area (Å²) >= 11 is 0. The molecule has 9 heteroatoms. The fourth-order valence-corrected chi connectivity index (χ4v) is 3.22. The fourth-order valence-electron chi connectivity index (χ4n) is 3.22. The van der Waals surface area contributed by atoms with Crippen molar-refractivity contribution >= 4 is 23.5 Å². The highest BCUT2D eigenvalue weighted by atomic mass is 16.6. The number of ether oxygens (including phenoxy) is 3. The average molecular weight is 461 g/mol. The summed E-state index contributed by atoms with van der Waals surface area (Å²) < 4.78 is 16.8. The van der Waals surface area contributed by atoms with Crippen LogP contribution in [0.2, 0.25) is 0 Å². The predicted molar refractivity (Wildman–Crippen MR) is 124 cm³/mol. The lowest BCUT2D eigenvalue weighted by Crippen LogP contribution is -2.47. The first-order valence-corrected chi connectivity index (χ1v) is 10.6. The zero-order chi connectivity index (χ0) is 23.8. The van der Waals surface area contributed by atoms with Gasteiger partial charge >= 0.3 is 6.03 Å².